The van der Waals surface area contributed by atoms with E-state index in [1.54, 1.807) is 0 Å². The van der Waals surface area contributed by atoms with Crippen LogP contribution in [0.3, 0.4) is 0 Å². The van der Waals surface area contributed by atoms with Gasteiger partial charge in [-0.1, -0.05) is 44.8 Å². The second kappa shape index (κ2) is 13.2. The van der Waals surface area contributed by atoms with E-state index in [4.69, 9.17) is 31.1 Å². The predicted molar refractivity (Wildman–Crippen MR) is 150 cm³/mol. The van der Waals surface area contributed by atoms with Gasteiger partial charge in [0.05, 0.1) is 25.8 Å². The number of benzene rings is 1. The smallest absolute Gasteiger partial charge is 0.459 e. The highest BCUT2D eigenvalue weighted by Crippen LogP contribution is 2.47. The minimum absolute atomic E-state index is 0.0105. The molecule has 0 radical (unpaired) electrons. The van der Waals surface area contributed by atoms with Crippen LogP contribution >= 0.6 is 7.75 Å². The number of carbonyl (C=O) groups is 1. The Bertz CT molecular complexity index is 1710. The highest BCUT2D eigenvalue weighted by Gasteiger charge is 2.58. The quantitative estimate of drug-likeness (QED) is 0.163. The van der Waals surface area contributed by atoms with Crippen molar-refractivity contribution in [3.63, 3.8) is 0 Å². The SMILES string of the molecule is [2H]c1c([2H])c([2H])c(O[P@](=O)(N[C@@H](C)C(=O)OCC(CC)CC)OC[C@H]2O[C@@](C#N)(c3ccc4c(N)ncnn34)[C@H](O)[C@@H]2O)c([2H])c1[2H]. The molecule has 6 atom stereocenters. The lowest BCUT2D eigenvalue weighted by atomic mass is 9.92. The van der Waals surface area contributed by atoms with Crippen molar-refractivity contribution in [3.05, 3.63) is 54.4 Å². The third kappa shape index (κ3) is 6.42. The number of fused-ring (bicyclic) bond motifs is 1. The molecule has 1 aliphatic heterocycles. The molecule has 1 fully saturated rings. The summed E-state index contributed by atoms with van der Waals surface area (Å²) in [6.07, 6.45) is -2.65. The number of carbonyl (C=O) groups excluding carboxylic acids is 1. The summed E-state index contributed by atoms with van der Waals surface area (Å²) < 4.78 is 77.6. The van der Waals surface area contributed by atoms with Gasteiger partial charge in [-0.25, -0.2) is 14.1 Å². The molecule has 0 amide bonds. The Morgan fingerprint density at radius 1 is 1.33 bits per heavy atom. The molecule has 15 heteroatoms. The van der Waals surface area contributed by atoms with E-state index in [2.05, 4.69) is 15.2 Å². The maximum absolute atomic E-state index is 14.2. The normalized spacial score (nSPS) is 25.9. The van der Waals surface area contributed by atoms with E-state index in [1.165, 1.54) is 23.6 Å². The van der Waals surface area contributed by atoms with Crippen molar-refractivity contribution in [2.45, 2.75) is 63.6 Å². The van der Waals surface area contributed by atoms with Crippen LogP contribution in [0.15, 0.2) is 48.7 Å². The maximum atomic E-state index is 14.2. The van der Waals surface area contributed by atoms with E-state index in [9.17, 15) is 24.8 Å². The van der Waals surface area contributed by atoms with Crippen LogP contribution in [0.4, 0.5) is 5.82 Å². The van der Waals surface area contributed by atoms with Gasteiger partial charge in [-0.15, -0.1) is 0 Å². The zero-order chi connectivity index (χ0) is 34.8. The Balaban J connectivity index is 1.64. The number of para-hydroxylation sites is 1. The number of esters is 1. The summed E-state index contributed by atoms with van der Waals surface area (Å²) in [6, 6.07) is -0.632. The minimum atomic E-state index is -4.89. The van der Waals surface area contributed by atoms with Crippen molar-refractivity contribution in [2.75, 3.05) is 18.9 Å². The number of rotatable bonds is 13. The summed E-state index contributed by atoms with van der Waals surface area (Å²) in [7, 11) is -4.89. The average Bonchev–Trinajstić information content (AvgIpc) is 3.60. The third-order valence-electron chi connectivity index (χ3n) is 6.91. The Kier molecular flexibility index (Phi) is 7.83. The molecule has 14 nitrogen and oxygen atoms in total. The highest BCUT2D eigenvalue weighted by molar-refractivity contribution is 7.52. The number of nitriles is 1. The Hall–Kier alpha value is -3.57. The number of ether oxygens (including phenoxy) is 2. The van der Waals surface area contributed by atoms with Gasteiger partial charge < -0.3 is 29.9 Å². The number of nitrogens with one attached hydrogen (secondary N) is 1. The zero-order valence-electron chi connectivity index (χ0n) is 28.1. The zero-order valence-corrected chi connectivity index (χ0v) is 24.0. The van der Waals surface area contributed by atoms with Gasteiger partial charge >= 0.3 is 13.7 Å². The standard InChI is InChI=1S/C27H35N6O8P/c1-4-18(5-2)13-38-26(36)17(3)32-42(37,41-19-9-7-6-8-10-19)39-14-21-23(34)24(35)27(15-28,40-21)22-12-11-20-25(29)30-16-31-33(20)22/h6-12,16-18,21,23-24,34-35H,4-5,13-14H2,1-3H3,(H,32,37)(H2,29,30,31)/t17-,21+,23+,24+,27-,42-/m0/s1/i6D,7D,8D,9D,10D. The van der Waals surface area contributed by atoms with E-state index in [0.29, 0.717) is 0 Å². The monoisotopic (exact) mass is 607 g/mol. The molecule has 0 bridgehead atoms. The first-order valence-electron chi connectivity index (χ1n) is 15.6. The molecule has 226 valence electrons. The summed E-state index contributed by atoms with van der Waals surface area (Å²) in [4.78, 5) is 16.7. The van der Waals surface area contributed by atoms with Crippen LogP contribution < -0.4 is 15.3 Å². The van der Waals surface area contributed by atoms with E-state index in [-0.39, 0.29) is 29.6 Å². The first-order chi connectivity index (χ1) is 22.1. The van der Waals surface area contributed by atoms with E-state index in [0.717, 1.165) is 19.2 Å². The van der Waals surface area contributed by atoms with Gasteiger partial charge in [-0.3, -0.25) is 9.32 Å². The lowest BCUT2D eigenvalue weighted by molar-refractivity contribution is -0.146. The van der Waals surface area contributed by atoms with Gasteiger partial charge in [0.2, 0.25) is 5.60 Å². The molecule has 1 aliphatic rings. The number of nitrogens with zero attached hydrogens (tertiary/aromatic N) is 4. The van der Waals surface area contributed by atoms with Gasteiger partial charge in [0.15, 0.2) is 5.82 Å². The molecule has 42 heavy (non-hydrogen) atoms. The molecule has 3 heterocycles. The van der Waals surface area contributed by atoms with Crippen LogP contribution in [0, 0.1) is 17.2 Å². The fraction of sp³-hybridized carbons (Fsp3) is 0.481. The van der Waals surface area contributed by atoms with Crippen molar-refractivity contribution in [2.24, 2.45) is 5.92 Å². The molecule has 4 rings (SSSR count). The van der Waals surface area contributed by atoms with Crippen molar-refractivity contribution in [1.29, 1.82) is 5.26 Å². The number of hydrogen-bond donors (Lipinski definition) is 4. The second-order valence-electron chi connectivity index (χ2n) is 9.60. The molecule has 0 aliphatic carbocycles. The van der Waals surface area contributed by atoms with Crippen molar-refractivity contribution in [1.82, 2.24) is 19.7 Å². The second-order valence-corrected chi connectivity index (χ2v) is 11.3. The highest BCUT2D eigenvalue weighted by atomic mass is 31.2. The number of hydrogen-bond acceptors (Lipinski definition) is 12. The van der Waals surface area contributed by atoms with Gasteiger partial charge in [-0.05, 0) is 37.1 Å². The molecule has 2 aromatic heterocycles. The molecular formula is C27H35N6O8P. The topological polar surface area (TPSA) is 204 Å². The summed E-state index contributed by atoms with van der Waals surface area (Å²) in [5.74, 6) is -1.55. The molecule has 0 unspecified atom stereocenters. The molecule has 3 aromatic rings. The molecular weight excluding hydrogens is 567 g/mol. The minimum Gasteiger partial charge on any atom is -0.464 e. The summed E-state index contributed by atoms with van der Waals surface area (Å²) >= 11 is 0. The predicted octanol–water partition coefficient (Wildman–Crippen LogP) is 2.31. The first kappa shape index (κ1) is 25.0. The van der Waals surface area contributed by atoms with Crippen molar-refractivity contribution < 1.29 is 44.9 Å². The van der Waals surface area contributed by atoms with E-state index in [1.807, 2.05) is 19.9 Å². The first-order valence-corrected chi connectivity index (χ1v) is 14.7. The Morgan fingerprint density at radius 3 is 2.71 bits per heavy atom. The number of aliphatic hydroxyl groups excluding tert-OH is 2. The van der Waals surface area contributed by atoms with Gasteiger partial charge in [0.25, 0.3) is 0 Å². The summed E-state index contributed by atoms with van der Waals surface area (Å²) in [6.45, 7) is 4.38. The number of nitrogens with two attached hydrogens (primary N) is 1. The van der Waals surface area contributed by atoms with Gasteiger partial charge in [0.1, 0.15) is 48.0 Å². The van der Waals surface area contributed by atoms with E-state index >= 15 is 0 Å². The number of anilines is 1. The largest absolute Gasteiger partial charge is 0.464 e. The lowest BCUT2D eigenvalue weighted by Gasteiger charge is -2.25. The lowest BCUT2D eigenvalue weighted by Crippen LogP contribution is -2.41. The summed E-state index contributed by atoms with van der Waals surface area (Å²) in [5, 5.41) is 38.6. The number of nitrogen functional groups attached to an aromatic ring is 1. The van der Waals surface area contributed by atoms with E-state index < -0.39 is 86.2 Å². The van der Waals surface area contributed by atoms with Crippen LogP contribution in [0.5, 0.6) is 5.75 Å². The van der Waals surface area contributed by atoms with Crippen molar-refractivity contribution >= 4 is 25.1 Å². The van der Waals surface area contributed by atoms with Crippen LogP contribution in [0.1, 0.15) is 46.2 Å². The number of aliphatic hydroxyl groups is 2. The number of aromatic nitrogens is 3. The summed E-state index contributed by atoms with van der Waals surface area (Å²) in [5.41, 5.74) is 3.94. The fourth-order valence-electron chi connectivity index (χ4n) is 4.36. The van der Waals surface area contributed by atoms with Gasteiger partial charge in [-0.2, -0.15) is 15.4 Å². The van der Waals surface area contributed by atoms with Crippen LogP contribution in [0.25, 0.3) is 5.52 Å². The molecule has 0 spiro atoms. The Labute approximate surface area is 250 Å². The van der Waals surface area contributed by atoms with Crippen LogP contribution in [0.2, 0.25) is 0 Å². The maximum Gasteiger partial charge on any atom is 0.459 e. The molecule has 1 saturated heterocycles. The van der Waals surface area contributed by atoms with Crippen LogP contribution in [-0.4, -0.2) is 68.3 Å². The Morgan fingerprint density at radius 2 is 2.05 bits per heavy atom. The van der Waals surface area contributed by atoms with Crippen LogP contribution in [-0.2, 0) is 29.0 Å². The average molecular weight is 608 g/mol. The molecule has 0 saturated carbocycles. The molecule has 1 aromatic carbocycles. The third-order valence-corrected chi connectivity index (χ3v) is 8.52. The van der Waals surface area contributed by atoms with Crippen molar-refractivity contribution in [3.8, 4) is 11.8 Å². The van der Waals surface area contributed by atoms with Gasteiger partial charge in [0, 0.05) is 0 Å². The fourth-order valence-corrected chi connectivity index (χ4v) is 5.79. The molecule has 5 N–H and O–H groups in total.